The Labute approximate surface area is 156 Å². The Morgan fingerprint density at radius 2 is 1.63 bits per heavy atom. The van der Waals surface area contributed by atoms with E-state index >= 15 is 0 Å². The standard InChI is InChI=1S/C20H17FN2O3S/c21-17-9-5-10-18(13-17)23-20(24)16-8-4-11-19(12-16)27(25,26)22-14-15-6-2-1-3-7-15/h1-13,22H,14H2,(H,23,24). The lowest BCUT2D eigenvalue weighted by Crippen LogP contribution is -2.23. The van der Waals surface area contributed by atoms with Crippen molar-refractivity contribution >= 4 is 21.6 Å². The average Bonchev–Trinajstić information content (AvgIpc) is 2.67. The topological polar surface area (TPSA) is 75.3 Å². The van der Waals surface area contributed by atoms with Crippen LogP contribution in [0.5, 0.6) is 0 Å². The molecule has 1 amide bonds. The van der Waals surface area contributed by atoms with Crippen molar-refractivity contribution in [2.24, 2.45) is 0 Å². The summed E-state index contributed by atoms with van der Waals surface area (Å²) in [5, 5.41) is 2.54. The number of nitrogens with one attached hydrogen (secondary N) is 2. The number of rotatable bonds is 6. The first-order chi connectivity index (χ1) is 12.9. The first kappa shape index (κ1) is 18.8. The fourth-order valence-corrected chi connectivity index (χ4v) is 3.49. The molecular formula is C20H17FN2O3S. The Hall–Kier alpha value is -3.03. The van der Waals surface area contributed by atoms with Gasteiger partial charge in [0.2, 0.25) is 10.0 Å². The number of benzene rings is 3. The van der Waals surface area contributed by atoms with Crippen LogP contribution in [0.4, 0.5) is 10.1 Å². The molecule has 0 heterocycles. The maximum Gasteiger partial charge on any atom is 0.255 e. The zero-order valence-electron chi connectivity index (χ0n) is 14.2. The summed E-state index contributed by atoms with van der Waals surface area (Å²) in [5.74, 6) is -1.00. The van der Waals surface area contributed by atoms with Crippen LogP contribution >= 0.6 is 0 Å². The number of anilines is 1. The molecule has 3 aromatic rings. The van der Waals surface area contributed by atoms with Crippen LogP contribution in [0, 0.1) is 5.82 Å². The van der Waals surface area contributed by atoms with Gasteiger partial charge in [0.05, 0.1) is 4.90 Å². The monoisotopic (exact) mass is 384 g/mol. The van der Waals surface area contributed by atoms with Crippen LogP contribution in [0.2, 0.25) is 0 Å². The van der Waals surface area contributed by atoms with Crippen LogP contribution in [0.25, 0.3) is 0 Å². The Morgan fingerprint density at radius 3 is 2.37 bits per heavy atom. The number of carbonyl (C=O) groups is 1. The van der Waals surface area contributed by atoms with Gasteiger partial charge in [0, 0.05) is 17.8 Å². The highest BCUT2D eigenvalue weighted by atomic mass is 32.2. The van der Waals surface area contributed by atoms with Crippen molar-refractivity contribution in [3.05, 3.63) is 95.8 Å². The molecule has 7 heteroatoms. The van der Waals surface area contributed by atoms with Crippen LogP contribution in [-0.4, -0.2) is 14.3 Å². The highest BCUT2D eigenvalue weighted by Crippen LogP contribution is 2.15. The van der Waals surface area contributed by atoms with Gasteiger partial charge in [0.25, 0.3) is 5.91 Å². The van der Waals surface area contributed by atoms with Crippen molar-refractivity contribution in [1.82, 2.24) is 4.72 Å². The predicted octanol–water partition coefficient (Wildman–Crippen LogP) is 3.56. The maximum atomic E-state index is 13.2. The van der Waals surface area contributed by atoms with Gasteiger partial charge < -0.3 is 5.32 Å². The Kier molecular flexibility index (Phi) is 5.63. The molecule has 0 radical (unpaired) electrons. The minimum atomic E-state index is -3.78. The summed E-state index contributed by atoms with van der Waals surface area (Å²) in [6.45, 7) is 0.142. The summed E-state index contributed by atoms with van der Waals surface area (Å²) in [6, 6.07) is 20.2. The van der Waals surface area contributed by atoms with Crippen LogP contribution < -0.4 is 10.0 Å². The van der Waals surface area contributed by atoms with Gasteiger partial charge >= 0.3 is 0 Å². The zero-order chi connectivity index (χ0) is 19.3. The molecule has 0 aliphatic rings. The van der Waals surface area contributed by atoms with Gasteiger partial charge in [-0.15, -0.1) is 0 Å². The first-order valence-electron chi connectivity index (χ1n) is 8.15. The lowest BCUT2D eigenvalue weighted by molar-refractivity contribution is 0.102. The second-order valence-electron chi connectivity index (χ2n) is 5.80. The molecule has 0 unspecified atom stereocenters. The number of amides is 1. The summed E-state index contributed by atoms with van der Waals surface area (Å²) in [4.78, 5) is 12.3. The summed E-state index contributed by atoms with van der Waals surface area (Å²) < 4.78 is 40.7. The van der Waals surface area contributed by atoms with E-state index in [1.807, 2.05) is 30.3 Å². The molecular weight excluding hydrogens is 367 g/mol. The van der Waals surface area contributed by atoms with Gasteiger partial charge in [-0.2, -0.15) is 0 Å². The minimum absolute atomic E-state index is 0.0228. The normalized spacial score (nSPS) is 11.1. The summed E-state index contributed by atoms with van der Waals surface area (Å²) in [6.07, 6.45) is 0. The quantitative estimate of drug-likeness (QED) is 0.682. The third-order valence-corrected chi connectivity index (χ3v) is 5.20. The highest BCUT2D eigenvalue weighted by molar-refractivity contribution is 7.89. The second kappa shape index (κ2) is 8.11. The predicted molar refractivity (Wildman–Crippen MR) is 101 cm³/mol. The number of carbonyl (C=O) groups excluding carboxylic acids is 1. The van der Waals surface area contributed by atoms with E-state index in [4.69, 9.17) is 0 Å². The molecule has 0 saturated carbocycles. The van der Waals surface area contributed by atoms with Gasteiger partial charge in [0.15, 0.2) is 0 Å². The van der Waals surface area contributed by atoms with Gasteiger partial charge in [-0.1, -0.05) is 42.5 Å². The Balaban J connectivity index is 1.74. The van der Waals surface area contributed by atoms with Crippen LogP contribution in [0.3, 0.4) is 0 Å². The molecule has 3 aromatic carbocycles. The number of hydrogen-bond acceptors (Lipinski definition) is 3. The van der Waals surface area contributed by atoms with E-state index < -0.39 is 21.7 Å². The molecule has 0 saturated heterocycles. The lowest BCUT2D eigenvalue weighted by atomic mass is 10.2. The average molecular weight is 384 g/mol. The van der Waals surface area contributed by atoms with E-state index in [-0.39, 0.29) is 22.7 Å². The zero-order valence-corrected chi connectivity index (χ0v) is 15.0. The molecule has 3 rings (SSSR count). The van der Waals surface area contributed by atoms with Gasteiger partial charge in [-0.25, -0.2) is 17.5 Å². The molecule has 27 heavy (non-hydrogen) atoms. The highest BCUT2D eigenvalue weighted by Gasteiger charge is 2.16. The molecule has 0 spiro atoms. The lowest BCUT2D eigenvalue weighted by Gasteiger charge is -2.09. The summed E-state index contributed by atoms with van der Waals surface area (Å²) >= 11 is 0. The van der Waals surface area contributed by atoms with E-state index in [1.165, 1.54) is 42.5 Å². The van der Waals surface area contributed by atoms with E-state index in [0.717, 1.165) is 5.56 Å². The molecule has 0 aromatic heterocycles. The largest absolute Gasteiger partial charge is 0.322 e. The number of hydrogen-bond donors (Lipinski definition) is 2. The van der Waals surface area contributed by atoms with E-state index in [9.17, 15) is 17.6 Å². The smallest absolute Gasteiger partial charge is 0.255 e. The second-order valence-corrected chi connectivity index (χ2v) is 7.57. The Bertz CT molecular complexity index is 1050. The van der Waals surface area contributed by atoms with Crippen molar-refractivity contribution < 1.29 is 17.6 Å². The van der Waals surface area contributed by atoms with Crippen molar-refractivity contribution in [3.63, 3.8) is 0 Å². The van der Waals surface area contributed by atoms with Crippen molar-refractivity contribution in [2.75, 3.05) is 5.32 Å². The minimum Gasteiger partial charge on any atom is -0.322 e. The van der Waals surface area contributed by atoms with Crippen LogP contribution in [0.15, 0.2) is 83.8 Å². The molecule has 138 valence electrons. The summed E-state index contributed by atoms with van der Waals surface area (Å²) in [7, 11) is -3.78. The van der Waals surface area contributed by atoms with Crippen molar-refractivity contribution in [1.29, 1.82) is 0 Å². The van der Waals surface area contributed by atoms with E-state index in [2.05, 4.69) is 10.0 Å². The third kappa shape index (κ3) is 4.99. The molecule has 0 atom stereocenters. The first-order valence-corrected chi connectivity index (χ1v) is 9.63. The Morgan fingerprint density at radius 1 is 0.889 bits per heavy atom. The van der Waals surface area contributed by atoms with E-state index in [1.54, 1.807) is 6.07 Å². The van der Waals surface area contributed by atoms with Gasteiger partial charge in [-0.05, 0) is 42.0 Å². The van der Waals surface area contributed by atoms with E-state index in [0.29, 0.717) is 0 Å². The molecule has 0 fully saturated rings. The van der Waals surface area contributed by atoms with Gasteiger partial charge in [0.1, 0.15) is 5.82 Å². The number of halogens is 1. The SMILES string of the molecule is O=C(Nc1cccc(F)c1)c1cccc(S(=O)(=O)NCc2ccccc2)c1. The van der Waals surface area contributed by atoms with Crippen LogP contribution in [0.1, 0.15) is 15.9 Å². The van der Waals surface area contributed by atoms with Crippen molar-refractivity contribution in [3.8, 4) is 0 Å². The molecule has 0 aliphatic carbocycles. The number of sulfonamides is 1. The molecule has 5 nitrogen and oxygen atoms in total. The summed E-state index contributed by atoms with van der Waals surface area (Å²) in [5.41, 5.74) is 1.26. The third-order valence-electron chi connectivity index (χ3n) is 3.80. The fraction of sp³-hybridized carbons (Fsp3) is 0.0500. The van der Waals surface area contributed by atoms with Gasteiger partial charge in [-0.3, -0.25) is 4.79 Å². The maximum absolute atomic E-state index is 13.2. The molecule has 0 aliphatic heterocycles. The molecule has 2 N–H and O–H groups in total. The van der Waals surface area contributed by atoms with Crippen molar-refractivity contribution in [2.45, 2.75) is 11.4 Å². The van der Waals surface area contributed by atoms with Crippen LogP contribution in [-0.2, 0) is 16.6 Å². The molecule has 0 bridgehead atoms. The fourth-order valence-electron chi connectivity index (χ4n) is 2.43.